The molecule has 1 saturated carbocycles. The Labute approximate surface area is 195 Å². The molecule has 2 heterocycles. The maximum Gasteiger partial charge on any atom is 0.223 e. The fourth-order valence-corrected chi connectivity index (χ4v) is 5.41. The molecule has 2 aromatic carbocycles. The molecule has 6 heteroatoms. The first kappa shape index (κ1) is 21.9. The molecule has 0 bridgehead atoms. The molecule has 1 aliphatic heterocycles. The Morgan fingerprint density at radius 3 is 2.52 bits per heavy atom. The first-order valence-corrected chi connectivity index (χ1v) is 12.3. The molecular formula is C27H33FN4O. The number of benzene rings is 2. The van der Waals surface area contributed by atoms with E-state index >= 15 is 0 Å². The summed E-state index contributed by atoms with van der Waals surface area (Å²) >= 11 is 0. The van der Waals surface area contributed by atoms with Gasteiger partial charge in [-0.2, -0.15) is 0 Å². The van der Waals surface area contributed by atoms with Crippen molar-refractivity contribution in [2.45, 2.75) is 58.0 Å². The number of fused-ring (bicyclic) bond motifs is 1. The molecule has 1 N–H and O–H groups in total. The molecule has 5 rings (SSSR count). The summed E-state index contributed by atoms with van der Waals surface area (Å²) < 4.78 is 15.6. The maximum atomic E-state index is 13.4. The van der Waals surface area contributed by atoms with Crippen LogP contribution in [0.15, 0.2) is 48.5 Å². The highest BCUT2D eigenvalue weighted by Crippen LogP contribution is 2.29. The van der Waals surface area contributed by atoms with Crippen LogP contribution in [0.1, 0.15) is 51.0 Å². The van der Waals surface area contributed by atoms with Gasteiger partial charge >= 0.3 is 0 Å². The summed E-state index contributed by atoms with van der Waals surface area (Å²) in [4.78, 5) is 20.2. The van der Waals surface area contributed by atoms with E-state index in [4.69, 9.17) is 4.98 Å². The number of anilines is 1. The van der Waals surface area contributed by atoms with Gasteiger partial charge in [-0.1, -0.05) is 44.0 Å². The Morgan fingerprint density at radius 2 is 1.76 bits per heavy atom. The zero-order valence-corrected chi connectivity index (χ0v) is 19.3. The summed E-state index contributed by atoms with van der Waals surface area (Å²) in [6.45, 7) is 4.52. The second kappa shape index (κ2) is 9.54. The molecule has 5 nitrogen and oxygen atoms in total. The van der Waals surface area contributed by atoms with Gasteiger partial charge in [-0.15, -0.1) is 0 Å². The third kappa shape index (κ3) is 4.75. The number of hydrogen-bond donors (Lipinski definition) is 1. The Balaban J connectivity index is 1.30. The van der Waals surface area contributed by atoms with E-state index in [0.29, 0.717) is 18.5 Å². The van der Waals surface area contributed by atoms with Gasteiger partial charge in [0.25, 0.3) is 0 Å². The van der Waals surface area contributed by atoms with Gasteiger partial charge < -0.3 is 14.8 Å². The molecule has 2 aliphatic rings. The second-order valence-electron chi connectivity index (χ2n) is 9.75. The lowest BCUT2D eigenvalue weighted by molar-refractivity contribution is -0.126. The van der Waals surface area contributed by atoms with Crippen LogP contribution in [-0.2, 0) is 11.3 Å². The molecular weight excluding hydrogens is 415 g/mol. The van der Waals surface area contributed by atoms with Crippen LogP contribution in [0.25, 0.3) is 11.0 Å². The van der Waals surface area contributed by atoms with Crippen molar-refractivity contribution in [3.8, 4) is 0 Å². The number of nitrogens with one attached hydrogen (secondary N) is 1. The van der Waals surface area contributed by atoms with Crippen molar-refractivity contribution >= 4 is 22.9 Å². The van der Waals surface area contributed by atoms with Crippen LogP contribution in [0.2, 0.25) is 0 Å². The number of aromatic nitrogens is 2. The first-order valence-electron chi connectivity index (χ1n) is 12.3. The minimum Gasteiger partial charge on any atom is -0.353 e. The molecule has 1 amide bonds. The van der Waals surface area contributed by atoms with Gasteiger partial charge in [0.05, 0.1) is 17.6 Å². The van der Waals surface area contributed by atoms with Gasteiger partial charge in [0.15, 0.2) is 0 Å². The van der Waals surface area contributed by atoms with Gasteiger partial charge in [0.1, 0.15) is 5.82 Å². The molecule has 1 aliphatic carbocycles. The lowest BCUT2D eigenvalue weighted by atomic mass is 9.85. The van der Waals surface area contributed by atoms with Gasteiger partial charge in [-0.3, -0.25) is 4.79 Å². The Hall–Kier alpha value is -2.89. The van der Waals surface area contributed by atoms with Crippen molar-refractivity contribution in [3.63, 3.8) is 0 Å². The average molecular weight is 449 g/mol. The third-order valence-corrected chi connectivity index (χ3v) is 7.48. The van der Waals surface area contributed by atoms with Gasteiger partial charge in [-0.25, -0.2) is 9.37 Å². The highest BCUT2D eigenvalue weighted by atomic mass is 19.1. The van der Waals surface area contributed by atoms with Gasteiger partial charge in [0, 0.05) is 25.0 Å². The zero-order valence-electron chi connectivity index (χ0n) is 19.3. The van der Waals surface area contributed by atoms with Crippen molar-refractivity contribution in [1.29, 1.82) is 0 Å². The van der Waals surface area contributed by atoms with E-state index in [0.717, 1.165) is 54.9 Å². The lowest BCUT2D eigenvalue weighted by Crippen LogP contribution is -2.47. The van der Waals surface area contributed by atoms with E-state index in [-0.39, 0.29) is 17.6 Å². The van der Waals surface area contributed by atoms with Crippen molar-refractivity contribution in [2.75, 3.05) is 18.0 Å². The molecule has 33 heavy (non-hydrogen) atoms. The second-order valence-corrected chi connectivity index (χ2v) is 9.75. The van der Waals surface area contributed by atoms with E-state index in [1.165, 1.54) is 31.4 Å². The van der Waals surface area contributed by atoms with Gasteiger partial charge in [-0.05, 0) is 61.4 Å². The number of nitrogens with zero attached hydrogens (tertiary/aromatic N) is 3. The quantitative estimate of drug-likeness (QED) is 0.588. The zero-order chi connectivity index (χ0) is 22.8. The van der Waals surface area contributed by atoms with E-state index < -0.39 is 0 Å². The number of halogens is 1. The number of para-hydroxylation sites is 2. The predicted octanol–water partition coefficient (Wildman–Crippen LogP) is 5.14. The largest absolute Gasteiger partial charge is 0.353 e. The molecule has 1 aromatic heterocycles. The first-order chi connectivity index (χ1) is 16.1. The molecule has 2 atom stereocenters. The molecule has 0 spiro atoms. The monoisotopic (exact) mass is 448 g/mol. The van der Waals surface area contributed by atoms with Crippen molar-refractivity contribution < 1.29 is 9.18 Å². The van der Waals surface area contributed by atoms with Crippen LogP contribution in [0.3, 0.4) is 0 Å². The van der Waals surface area contributed by atoms with Crippen molar-refractivity contribution in [3.05, 3.63) is 59.9 Å². The summed E-state index contributed by atoms with van der Waals surface area (Å²) in [5.74, 6) is 1.59. The number of piperidine rings is 1. The lowest BCUT2D eigenvalue weighted by Gasteiger charge is -2.35. The molecule has 2 fully saturated rings. The molecule has 2 unspecified atom stereocenters. The van der Waals surface area contributed by atoms with Crippen LogP contribution < -0.4 is 10.2 Å². The highest BCUT2D eigenvalue weighted by Gasteiger charge is 2.30. The Kier molecular flexibility index (Phi) is 6.34. The highest BCUT2D eigenvalue weighted by molar-refractivity contribution is 5.80. The summed E-state index contributed by atoms with van der Waals surface area (Å²) in [7, 11) is 0. The summed E-state index contributed by atoms with van der Waals surface area (Å²) in [5.41, 5.74) is 3.07. The Bertz CT molecular complexity index is 1100. The number of imidazole rings is 1. The molecule has 174 valence electrons. The van der Waals surface area contributed by atoms with Gasteiger partial charge in [0.2, 0.25) is 11.9 Å². The molecule has 0 radical (unpaired) electrons. The smallest absolute Gasteiger partial charge is 0.223 e. The van der Waals surface area contributed by atoms with E-state index in [2.05, 4.69) is 27.8 Å². The Morgan fingerprint density at radius 1 is 1.03 bits per heavy atom. The predicted molar refractivity (Wildman–Crippen MR) is 130 cm³/mol. The minimum absolute atomic E-state index is 0.0744. The minimum atomic E-state index is -0.225. The summed E-state index contributed by atoms with van der Waals surface area (Å²) in [5, 5.41) is 3.35. The van der Waals surface area contributed by atoms with Crippen LogP contribution in [0, 0.1) is 17.7 Å². The normalized spacial score (nSPS) is 21.9. The number of carbonyl (C=O) groups is 1. The molecule has 1 saturated heterocycles. The van der Waals surface area contributed by atoms with Crippen LogP contribution >= 0.6 is 0 Å². The summed E-state index contributed by atoms with van der Waals surface area (Å²) in [6, 6.07) is 15.2. The number of hydrogen-bond acceptors (Lipinski definition) is 3. The van der Waals surface area contributed by atoms with Crippen molar-refractivity contribution in [1.82, 2.24) is 14.9 Å². The number of carbonyl (C=O) groups excluding carboxylic acids is 1. The number of rotatable bonds is 5. The van der Waals surface area contributed by atoms with Crippen LogP contribution in [0.5, 0.6) is 0 Å². The maximum absolute atomic E-state index is 13.4. The van der Waals surface area contributed by atoms with E-state index in [1.807, 2.05) is 30.3 Å². The topological polar surface area (TPSA) is 50.2 Å². The van der Waals surface area contributed by atoms with E-state index in [9.17, 15) is 9.18 Å². The fraction of sp³-hybridized carbons (Fsp3) is 0.481. The SMILES string of the molecule is CC1CCCCC1NC(=O)C1CCN(c2nc3ccccc3n2Cc2ccc(F)cc2)CC1. The average Bonchev–Trinajstić information content (AvgIpc) is 3.20. The fourth-order valence-electron chi connectivity index (χ4n) is 5.41. The summed E-state index contributed by atoms with van der Waals surface area (Å²) in [6.07, 6.45) is 6.51. The van der Waals surface area contributed by atoms with Crippen LogP contribution in [0.4, 0.5) is 10.3 Å². The molecule has 3 aromatic rings. The van der Waals surface area contributed by atoms with Crippen LogP contribution in [-0.4, -0.2) is 34.6 Å². The van der Waals surface area contributed by atoms with E-state index in [1.54, 1.807) is 0 Å². The number of amides is 1. The standard InChI is InChI=1S/C27H33FN4O/c1-19-6-2-3-7-23(19)29-26(33)21-14-16-31(17-15-21)27-30-24-8-4-5-9-25(24)32(27)18-20-10-12-22(28)13-11-20/h4-5,8-13,19,21,23H,2-3,6-7,14-18H2,1H3,(H,29,33). The third-order valence-electron chi connectivity index (χ3n) is 7.48. The van der Waals surface area contributed by atoms with Crippen molar-refractivity contribution in [2.24, 2.45) is 11.8 Å².